The number of aromatic nitrogens is 2. The molecule has 0 aromatic carbocycles. The summed E-state index contributed by atoms with van der Waals surface area (Å²) in [6.45, 7) is 1.09. The molecule has 2 rings (SSSR count). The Bertz CT molecular complexity index is 585. The second-order valence-electron chi connectivity index (χ2n) is 4.98. The third-order valence-corrected chi connectivity index (χ3v) is 3.43. The minimum Gasteiger partial charge on any atom is -0.394 e. The largest absolute Gasteiger partial charge is 0.394 e. The van der Waals surface area contributed by atoms with Gasteiger partial charge in [0.1, 0.15) is 12.3 Å². The number of hydrogen-bond acceptors (Lipinski definition) is 5. The molecule has 0 spiro atoms. The third kappa shape index (κ3) is 3.58. The van der Waals surface area contributed by atoms with Crippen LogP contribution in [-0.4, -0.2) is 46.8 Å². The molecule has 1 fully saturated rings. The molecule has 118 valence electrons. The van der Waals surface area contributed by atoms with Gasteiger partial charge in [0.2, 0.25) is 0 Å². The molecule has 0 aliphatic carbocycles. The SMILES string of the molecule is Cc1cn([C@H]2CC(OCCCF)[C@@H](CO)O2)c(=O)[nH]c1=O. The number of nitrogens with one attached hydrogen (secondary N) is 1. The van der Waals surface area contributed by atoms with Crippen molar-refractivity contribution in [2.75, 3.05) is 19.9 Å². The first-order valence-electron chi connectivity index (χ1n) is 6.82. The van der Waals surface area contributed by atoms with Crippen molar-refractivity contribution in [3.63, 3.8) is 0 Å². The number of aromatic amines is 1. The fourth-order valence-electron chi connectivity index (χ4n) is 2.30. The Hall–Kier alpha value is -1.51. The summed E-state index contributed by atoms with van der Waals surface area (Å²) >= 11 is 0. The van der Waals surface area contributed by atoms with Crippen LogP contribution in [0.3, 0.4) is 0 Å². The standard InChI is InChI=1S/C13H19FN2O5/c1-8-6-16(13(19)15-12(8)18)11-5-9(10(7-17)21-11)20-4-2-3-14/h6,9-11,17H,2-5,7H2,1H3,(H,15,18,19)/t9?,10-,11-/m1/s1. The number of halogens is 1. The second-order valence-corrected chi connectivity index (χ2v) is 4.98. The summed E-state index contributed by atoms with van der Waals surface area (Å²) in [4.78, 5) is 25.4. The van der Waals surface area contributed by atoms with Crippen LogP contribution in [0.25, 0.3) is 0 Å². The summed E-state index contributed by atoms with van der Waals surface area (Å²) in [5.74, 6) is 0. The number of nitrogens with zero attached hydrogens (tertiary/aromatic N) is 1. The minimum absolute atomic E-state index is 0.229. The zero-order valence-electron chi connectivity index (χ0n) is 11.8. The van der Waals surface area contributed by atoms with E-state index in [1.165, 1.54) is 10.8 Å². The summed E-state index contributed by atoms with van der Waals surface area (Å²) in [6.07, 6.45) is 0.435. The fraction of sp³-hybridized carbons (Fsp3) is 0.692. The van der Waals surface area contributed by atoms with Crippen LogP contribution in [0, 0.1) is 6.92 Å². The van der Waals surface area contributed by atoms with Gasteiger partial charge in [0.15, 0.2) is 0 Å². The van der Waals surface area contributed by atoms with Crippen molar-refractivity contribution < 1.29 is 19.0 Å². The molecule has 1 saturated heterocycles. The monoisotopic (exact) mass is 302 g/mol. The van der Waals surface area contributed by atoms with E-state index in [2.05, 4.69) is 4.98 Å². The quantitative estimate of drug-likeness (QED) is 0.714. The zero-order valence-corrected chi connectivity index (χ0v) is 11.8. The van der Waals surface area contributed by atoms with E-state index in [1.807, 2.05) is 0 Å². The van der Waals surface area contributed by atoms with Gasteiger partial charge in [-0.1, -0.05) is 0 Å². The normalized spacial score (nSPS) is 25.4. The summed E-state index contributed by atoms with van der Waals surface area (Å²) in [7, 11) is 0. The number of aliphatic hydroxyl groups is 1. The highest BCUT2D eigenvalue weighted by atomic mass is 19.1. The molecule has 1 aliphatic rings. The van der Waals surface area contributed by atoms with Gasteiger partial charge in [-0.3, -0.25) is 18.7 Å². The third-order valence-electron chi connectivity index (χ3n) is 3.43. The Morgan fingerprint density at radius 3 is 3.00 bits per heavy atom. The van der Waals surface area contributed by atoms with E-state index in [0.29, 0.717) is 12.0 Å². The van der Waals surface area contributed by atoms with Crippen molar-refractivity contribution in [3.05, 3.63) is 32.6 Å². The Kier molecular flexibility index (Phi) is 5.27. The fourth-order valence-corrected chi connectivity index (χ4v) is 2.30. The van der Waals surface area contributed by atoms with Crippen LogP contribution < -0.4 is 11.2 Å². The van der Waals surface area contributed by atoms with E-state index in [0.717, 1.165) is 0 Å². The number of hydrogen-bond donors (Lipinski definition) is 2. The van der Waals surface area contributed by atoms with Crippen LogP contribution in [-0.2, 0) is 9.47 Å². The molecule has 7 nitrogen and oxygen atoms in total. The maximum absolute atomic E-state index is 12.1. The van der Waals surface area contributed by atoms with E-state index >= 15 is 0 Å². The molecular weight excluding hydrogens is 283 g/mol. The topological polar surface area (TPSA) is 93.6 Å². The Labute approximate surface area is 120 Å². The van der Waals surface area contributed by atoms with Crippen LogP contribution in [0.4, 0.5) is 4.39 Å². The van der Waals surface area contributed by atoms with Crippen LogP contribution in [0.2, 0.25) is 0 Å². The van der Waals surface area contributed by atoms with Crippen molar-refractivity contribution in [1.29, 1.82) is 0 Å². The van der Waals surface area contributed by atoms with E-state index in [-0.39, 0.29) is 19.6 Å². The number of H-pyrrole nitrogens is 1. The number of alkyl halides is 1. The predicted molar refractivity (Wildman–Crippen MR) is 72.0 cm³/mol. The summed E-state index contributed by atoms with van der Waals surface area (Å²) < 4.78 is 24.4. The lowest BCUT2D eigenvalue weighted by Crippen LogP contribution is -2.33. The van der Waals surface area contributed by atoms with E-state index in [9.17, 15) is 19.1 Å². The highest BCUT2D eigenvalue weighted by Crippen LogP contribution is 2.29. The lowest BCUT2D eigenvalue weighted by Gasteiger charge is -2.16. The van der Waals surface area contributed by atoms with E-state index in [1.54, 1.807) is 6.92 Å². The number of ether oxygens (including phenoxy) is 2. The predicted octanol–water partition coefficient (Wildman–Crippen LogP) is -0.130. The highest BCUT2D eigenvalue weighted by Gasteiger charge is 2.37. The summed E-state index contributed by atoms with van der Waals surface area (Å²) in [6, 6.07) is 0. The Morgan fingerprint density at radius 1 is 1.57 bits per heavy atom. The van der Waals surface area contributed by atoms with Crippen molar-refractivity contribution in [2.24, 2.45) is 0 Å². The lowest BCUT2D eigenvalue weighted by molar-refractivity contribution is -0.0628. The van der Waals surface area contributed by atoms with Crippen molar-refractivity contribution in [1.82, 2.24) is 9.55 Å². The molecule has 0 amide bonds. The molecule has 8 heteroatoms. The van der Waals surface area contributed by atoms with Gasteiger partial charge in [0, 0.05) is 24.8 Å². The molecule has 3 atom stereocenters. The maximum Gasteiger partial charge on any atom is 0.330 e. The Morgan fingerprint density at radius 2 is 2.33 bits per heavy atom. The van der Waals surface area contributed by atoms with Gasteiger partial charge in [-0.25, -0.2) is 4.79 Å². The van der Waals surface area contributed by atoms with E-state index < -0.39 is 36.4 Å². The van der Waals surface area contributed by atoms with Crippen LogP contribution in [0.15, 0.2) is 15.8 Å². The average Bonchev–Trinajstić information content (AvgIpc) is 2.86. The molecule has 2 N–H and O–H groups in total. The van der Waals surface area contributed by atoms with Gasteiger partial charge in [0.05, 0.1) is 19.4 Å². The van der Waals surface area contributed by atoms with Gasteiger partial charge >= 0.3 is 5.69 Å². The molecule has 0 bridgehead atoms. The van der Waals surface area contributed by atoms with Gasteiger partial charge in [-0.15, -0.1) is 0 Å². The van der Waals surface area contributed by atoms with E-state index in [4.69, 9.17) is 9.47 Å². The van der Waals surface area contributed by atoms with Crippen LogP contribution in [0.5, 0.6) is 0 Å². The number of aryl methyl sites for hydroxylation is 1. The second kappa shape index (κ2) is 6.97. The first kappa shape index (κ1) is 15.9. The number of aliphatic hydroxyl groups excluding tert-OH is 1. The Balaban J connectivity index is 2.13. The first-order chi connectivity index (χ1) is 10.1. The van der Waals surface area contributed by atoms with Gasteiger partial charge in [-0.2, -0.15) is 0 Å². The average molecular weight is 302 g/mol. The molecule has 1 aromatic heterocycles. The molecule has 0 saturated carbocycles. The first-order valence-corrected chi connectivity index (χ1v) is 6.82. The zero-order chi connectivity index (χ0) is 15.4. The molecule has 1 unspecified atom stereocenters. The summed E-state index contributed by atoms with van der Waals surface area (Å²) in [5, 5.41) is 9.30. The van der Waals surface area contributed by atoms with Gasteiger partial charge in [-0.05, 0) is 13.3 Å². The van der Waals surface area contributed by atoms with Crippen molar-refractivity contribution in [3.8, 4) is 0 Å². The summed E-state index contributed by atoms with van der Waals surface area (Å²) in [5.41, 5.74) is -0.624. The molecule has 21 heavy (non-hydrogen) atoms. The van der Waals surface area contributed by atoms with Gasteiger partial charge in [0.25, 0.3) is 5.56 Å². The smallest absolute Gasteiger partial charge is 0.330 e. The maximum atomic E-state index is 12.1. The van der Waals surface area contributed by atoms with Gasteiger partial charge < -0.3 is 14.6 Å². The molecule has 0 radical (unpaired) electrons. The molecule has 1 aliphatic heterocycles. The minimum atomic E-state index is -0.624. The van der Waals surface area contributed by atoms with Crippen molar-refractivity contribution >= 4 is 0 Å². The van der Waals surface area contributed by atoms with Crippen LogP contribution >= 0.6 is 0 Å². The molecule has 2 heterocycles. The molecular formula is C13H19FN2O5. The highest BCUT2D eigenvalue weighted by molar-refractivity contribution is 5.02. The lowest BCUT2D eigenvalue weighted by atomic mass is 10.2. The van der Waals surface area contributed by atoms with Crippen molar-refractivity contribution in [2.45, 2.75) is 38.2 Å². The molecule has 1 aromatic rings. The number of rotatable bonds is 6. The van der Waals surface area contributed by atoms with Crippen LogP contribution in [0.1, 0.15) is 24.6 Å².